The van der Waals surface area contributed by atoms with E-state index in [1.165, 1.54) is 11.8 Å². The van der Waals surface area contributed by atoms with Crippen LogP contribution in [-0.4, -0.2) is 27.5 Å². The summed E-state index contributed by atoms with van der Waals surface area (Å²) in [4.78, 5) is 24.0. The summed E-state index contributed by atoms with van der Waals surface area (Å²) >= 11 is 1.45. The molecule has 1 N–H and O–H groups in total. The molecule has 18 heavy (non-hydrogen) atoms. The van der Waals surface area contributed by atoms with Gasteiger partial charge in [0.1, 0.15) is 5.71 Å². The van der Waals surface area contributed by atoms with Crippen molar-refractivity contribution >= 4 is 23.4 Å². The van der Waals surface area contributed by atoms with Crippen molar-refractivity contribution in [1.29, 1.82) is 0 Å². The molecule has 1 heterocycles. The third-order valence-corrected chi connectivity index (χ3v) is 4.48. The molecule has 0 aromatic carbocycles. The molecule has 0 saturated carbocycles. The average Bonchev–Trinajstić information content (AvgIpc) is 2.61. The zero-order chi connectivity index (χ0) is 12.9. The van der Waals surface area contributed by atoms with Crippen LogP contribution < -0.4 is 0 Å². The molecule has 1 unspecified atom stereocenters. The number of hydrazone groups is 1. The number of nitroso groups, excluding NO2 is 1. The predicted octanol–water partition coefficient (Wildman–Crippen LogP) is 2.07. The molecule has 0 radical (unpaired) electrons. The Labute approximate surface area is 108 Å². The van der Waals surface area contributed by atoms with Crippen LogP contribution in [0.15, 0.2) is 39.4 Å². The van der Waals surface area contributed by atoms with Crippen molar-refractivity contribution in [2.45, 2.75) is 13.3 Å². The van der Waals surface area contributed by atoms with Gasteiger partial charge in [-0.15, -0.1) is 0 Å². The lowest BCUT2D eigenvalue weighted by molar-refractivity contribution is -0.535. The van der Waals surface area contributed by atoms with Crippen molar-refractivity contribution in [1.82, 2.24) is 0 Å². The van der Waals surface area contributed by atoms with Crippen LogP contribution in [0.3, 0.4) is 0 Å². The maximum Gasteiger partial charge on any atom is 0.335 e. The second-order valence-electron chi connectivity index (χ2n) is 4.68. The standard InChI is InChI=1S/C12H10N2O3S/c1-12-3-2-7(11(15)16)4-8(12)5-9-10(12)13-14(17)6-18-9/h2,4-5H,3,6H2,1H3/p+1. The number of allylic oxidation sites excluding steroid dienone is 4. The quantitative estimate of drug-likeness (QED) is 0.735. The Hall–Kier alpha value is -1.69. The Morgan fingerprint density at radius 2 is 2.33 bits per heavy atom. The number of rotatable bonds is 1. The first-order valence-corrected chi connectivity index (χ1v) is 6.53. The Bertz CT molecular complexity index is 600. The lowest BCUT2D eigenvalue weighted by atomic mass is 9.75. The molecule has 1 atom stereocenters. The van der Waals surface area contributed by atoms with E-state index < -0.39 is 5.97 Å². The SMILES string of the molecule is CC12CC=C(C(=O)O)C=C1C=C1SC[N+](=O)N=C12. The van der Waals surface area contributed by atoms with E-state index in [4.69, 9.17) is 5.11 Å². The third kappa shape index (κ3) is 1.49. The summed E-state index contributed by atoms with van der Waals surface area (Å²) in [5, 5.41) is 13.1. The van der Waals surface area contributed by atoms with Crippen molar-refractivity contribution in [3.63, 3.8) is 0 Å². The summed E-state index contributed by atoms with van der Waals surface area (Å²) in [6.07, 6.45) is 5.88. The van der Waals surface area contributed by atoms with Crippen molar-refractivity contribution < 1.29 is 14.8 Å². The molecular formula is C12H11N2O3S+. The van der Waals surface area contributed by atoms with Crippen LogP contribution in [0.1, 0.15) is 13.3 Å². The minimum absolute atomic E-state index is 0.290. The first-order valence-electron chi connectivity index (χ1n) is 5.55. The Morgan fingerprint density at radius 3 is 3.06 bits per heavy atom. The molecular weight excluding hydrogens is 252 g/mol. The van der Waals surface area contributed by atoms with Gasteiger partial charge in [0.15, 0.2) is 4.87 Å². The smallest absolute Gasteiger partial charge is 0.335 e. The lowest BCUT2D eigenvalue weighted by Crippen LogP contribution is -2.30. The molecule has 0 fully saturated rings. The molecule has 0 bridgehead atoms. The van der Waals surface area contributed by atoms with Gasteiger partial charge in [0, 0.05) is 15.4 Å². The average molecular weight is 263 g/mol. The minimum Gasteiger partial charge on any atom is -0.478 e. The molecule has 3 rings (SSSR count). The molecule has 0 amide bonds. The zero-order valence-corrected chi connectivity index (χ0v) is 10.5. The number of carbonyl (C=O) groups is 1. The summed E-state index contributed by atoms with van der Waals surface area (Å²) in [7, 11) is 0. The summed E-state index contributed by atoms with van der Waals surface area (Å²) in [5.74, 6) is -0.629. The fourth-order valence-electron chi connectivity index (χ4n) is 2.42. The molecule has 0 aromatic heterocycles. The topological polar surface area (TPSA) is 69.7 Å². The molecule has 92 valence electrons. The summed E-state index contributed by atoms with van der Waals surface area (Å²) in [6, 6.07) is 0. The number of carboxylic acids is 1. The molecule has 1 aliphatic heterocycles. The molecule has 3 aliphatic rings. The van der Waals surface area contributed by atoms with E-state index in [1.807, 2.05) is 13.0 Å². The summed E-state index contributed by atoms with van der Waals surface area (Å²) in [6.45, 7) is 2.00. The van der Waals surface area contributed by atoms with E-state index in [0.717, 1.165) is 16.2 Å². The molecule has 5 nitrogen and oxygen atoms in total. The number of fused-ring (bicyclic) bond motifs is 3. The Balaban J connectivity index is 2.09. The van der Waals surface area contributed by atoms with Gasteiger partial charge >= 0.3 is 5.97 Å². The van der Waals surface area contributed by atoms with E-state index in [-0.39, 0.29) is 11.3 Å². The molecule has 0 spiro atoms. The molecule has 0 saturated heterocycles. The second-order valence-corrected chi connectivity index (χ2v) is 5.67. The van der Waals surface area contributed by atoms with E-state index in [9.17, 15) is 9.70 Å². The maximum absolute atomic E-state index is 11.3. The predicted molar refractivity (Wildman–Crippen MR) is 68.1 cm³/mol. The highest BCUT2D eigenvalue weighted by molar-refractivity contribution is 8.03. The van der Waals surface area contributed by atoms with Gasteiger partial charge in [-0.3, -0.25) is 0 Å². The van der Waals surface area contributed by atoms with Crippen LogP contribution in [-0.2, 0) is 4.79 Å². The summed E-state index contributed by atoms with van der Waals surface area (Å²) in [5.41, 5.74) is 1.65. The van der Waals surface area contributed by atoms with Gasteiger partial charge in [0.25, 0.3) is 5.88 Å². The van der Waals surface area contributed by atoms with Gasteiger partial charge in [-0.1, -0.05) is 6.08 Å². The normalized spacial score (nSPS) is 29.7. The van der Waals surface area contributed by atoms with Crippen molar-refractivity contribution in [3.8, 4) is 0 Å². The fraction of sp³-hybridized carbons (Fsp3) is 0.333. The van der Waals surface area contributed by atoms with E-state index >= 15 is 0 Å². The molecule has 2 aliphatic carbocycles. The van der Waals surface area contributed by atoms with Gasteiger partial charge in [0.05, 0.1) is 10.5 Å². The highest BCUT2D eigenvalue weighted by Gasteiger charge is 2.46. The molecule has 6 heteroatoms. The largest absolute Gasteiger partial charge is 0.478 e. The van der Waals surface area contributed by atoms with Crippen LogP contribution in [0.5, 0.6) is 0 Å². The van der Waals surface area contributed by atoms with E-state index in [0.29, 0.717) is 16.9 Å². The number of hydrogen-bond donors (Lipinski definition) is 1. The minimum atomic E-state index is -0.919. The number of nitrogens with zero attached hydrogens (tertiary/aromatic N) is 2. The van der Waals surface area contributed by atoms with Crippen LogP contribution in [0, 0.1) is 10.3 Å². The van der Waals surface area contributed by atoms with Crippen molar-refractivity contribution in [3.05, 3.63) is 39.2 Å². The Kier molecular flexibility index (Phi) is 2.31. The second kappa shape index (κ2) is 3.65. The van der Waals surface area contributed by atoms with E-state index in [1.54, 1.807) is 12.2 Å². The van der Waals surface area contributed by atoms with Gasteiger partial charge in [-0.25, -0.2) is 4.79 Å². The fourth-order valence-corrected chi connectivity index (χ4v) is 3.34. The van der Waals surface area contributed by atoms with Gasteiger partial charge in [-0.05, 0) is 42.8 Å². The van der Waals surface area contributed by atoms with Crippen LogP contribution in [0.2, 0.25) is 0 Å². The first-order chi connectivity index (χ1) is 8.50. The lowest BCUT2D eigenvalue weighted by Gasteiger charge is -2.28. The third-order valence-electron chi connectivity index (χ3n) is 3.51. The highest BCUT2D eigenvalue weighted by atomic mass is 32.2. The zero-order valence-electron chi connectivity index (χ0n) is 9.71. The van der Waals surface area contributed by atoms with Crippen LogP contribution in [0.4, 0.5) is 0 Å². The van der Waals surface area contributed by atoms with Crippen LogP contribution >= 0.6 is 11.8 Å². The monoisotopic (exact) mass is 263 g/mol. The maximum atomic E-state index is 11.3. The highest BCUT2D eigenvalue weighted by Crippen LogP contribution is 2.49. The van der Waals surface area contributed by atoms with E-state index in [2.05, 4.69) is 5.10 Å². The van der Waals surface area contributed by atoms with Crippen molar-refractivity contribution in [2.75, 3.05) is 5.88 Å². The number of thioether (sulfide) groups is 1. The Morgan fingerprint density at radius 1 is 1.56 bits per heavy atom. The van der Waals surface area contributed by atoms with Gasteiger partial charge in [-0.2, -0.15) is 0 Å². The van der Waals surface area contributed by atoms with Gasteiger partial charge in [0.2, 0.25) is 0 Å². The number of aliphatic carboxylic acids is 1. The summed E-state index contributed by atoms with van der Waals surface area (Å²) < 4.78 is 0. The molecule has 0 aromatic rings. The number of hydrogen-bond acceptors (Lipinski definition) is 3. The van der Waals surface area contributed by atoms with Gasteiger partial charge < -0.3 is 5.11 Å². The van der Waals surface area contributed by atoms with Crippen LogP contribution in [0.25, 0.3) is 0 Å². The first kappa shape index (κ1) is 11.4. The van der Waals surface area contributed by atoms with Crippen molar-refractivity contribution in [2.24, 2.45) is 10.5 Å². The number of carboxylic acid groups (broad SMARTS) is 1.